The summed E-state index contributed by atoms with van der Waals surface area (Å²) in [5.41, 5.74) is 2.56. The summed E-state index contributed by atoms with van der Waals surface area (Å²) in [7, 11) is 3.27. The van der Waals surface area contributed by atoms with Gasteiger partial charge < -0.3 is 33.9 Å². The zero-order valence-corrected chi connectivity index (χ0v) is 24.2. The second-order valence-electron chi connectivity index (χ2n) is 10.6. The third-order valence-electron chi connectivity index (χ3n) is 7.96. The molecule has 0 bridgehead atoms. The van der Waals surface area contributed by atoms with Crippen LogP contribution >= 0.6 is 0 Å². The molecule has 1 aliphatic heterocycles. The first kappa shape index (κ1) is 29.8. The molecule has 2 N–H and O–H groups in total. The Bertz CT molecular complexity index is 1340. The summed E-state index contributed by atoms with van der Waals surface area (Å²) < 4.78 is 30.2. The number of benzene rings is 4. The van der Waals surface area contributed by atoms with Crippen molar-refractivity contribution in [2.45, 2.75) is 37.1 Å². The van der Waals surface area contributed by atoms with Crippen molar-refractivity contribution in [3.8, 4) is 11.5 Å². The van der Waals surface area contributed by atoms with E-state index in [9.17, 15) is 10.2 Å². The SMILES string of the molecule is COc1ccc(C(OC[C@H]2[C@H](OCc3ccccc3)[C@@H](CO)O[C@]2(C)O)(c2ccccc2)c2ccc(OC)cc2)cc1. The Hall–Kier alpha value is -3.72. The summed E-state index contributed by atoms with van der Waals surface area (Å²) in [5.74, 6) is -0.764. The lowest BCUT2D eigenvalue weighted by molar-refractivity contribution is -0.212. The molecule has 5 rings (SSSR count). The Morgan fingerprint density at radius 2 is 1.24 bits per heavy atom. The number of hydrogen-bond acceptors (Lipinski definition) is 7. The predicted molar refractivity (Wildman–Crippen MR) is 159 cm³/mol. The van der Waals surface area contributed by atoms with E-state index in [1.54, 1.807) is 21.1 Å². The van der Waals surface area contributed by atoms with Crippen LogP contribution in [0.2, 0.25) is 0 Å². The topological polar surface area (TPSA) is 86.6 Å². The van der Waals surface area contributed by atoms with Crippen LogP contribution in [0.25, 0.3) is 0 Å². The van der Waals surface area contributed by atoms with Gasteiger partial charge in [-0.1, -0.05) is 84.9 Å². The molecule has 0 aromatic heterocycles. The Kier molecular flexibility index (Phi) is 9.26. The van der Waals surface area contributed by atoms with Gasteiger partial charge in [-0.05, 0) is 53.4 Å². The van der Waals surface area contributed by atoms with E-state index < -0.39 is 29.5 Å². The smallest absolute Gasteiger partial charge is 0.170 e. The van der Waals surface area contributed by atoms with Crippen LogP contribution in [0.4, 0.5) is 0 Å². The molecule has 1 aliphatic rings. The molecule has 0 saturated carbocycles. The lowest BCUT2D eigenvalue weighted by Gasteiger charge is -2.38. The second-order valence-corrected chi connectivity index (χ2v) is 10.6. The van der Waals surface area contributed by atoms with Crippen LogP contribution < -0.4 is 9.47 Å². The zero-order chi connectivity index (χ0) is 29.6. The van der Waals surface area contributed by atoms with Crippen LogP contribution in [-0.4, -0.2) is 55.6 Å². The van der Waals surface area contributed by atoms with Gasteiger partial charge in [0, 0.05) is 0 Å². The first-order valence-electron chi connectivity index (χ1n) is 14.1. The summed E-state index contributed by atoms with van der Waals surface area (Å²) in [6, 6.07) is 35.3. The highest BCUT2D eigenvalue weighted by Gasteiger charge is 2.53. The molecule has 7 heteroatoms. The highest BCUT2D eigenvalue weighted by molar-refractivity contribution is 5.49. The first-order valence-corrected chi connectivity index (χ1v) is 14.1. The van der Waals surface area contributed by atoms with E-state index in [-0.39, 0.29) is 13.2 Å². The summed E-state index contributed by atoms with van der Waals surface area (Å²) >= 11 is 0. The maximum atomic E-state index is 11.4. The van der Waals surface area contributed by atoms with Crippen molar-refractivity contribution in [3.63, 3.8) is 0 Å². The van der Waals surface area contributed by atoms with E-state index in [1.165, 1.54) is 0 Å². The molecule has 0 radical (unpaired) electrons. The molecule has 1 heterocycles. The summed E-state index contributed by atoms with van der Waals surface area (Å²) in [5, 5.41) is 21.6. The number of hydrogen-bond donors (Lipinski definition) is 2. The van der Waals surface area contributed by atoms with E-state index in [2.05, 4.69) is 0 Å². The van der Waals surface area contributed by atoms with Crippen LogP contribution in [0, 0.1) is 5.92 Å². The normalized spacial score (nSPS) is 22.2. The van der Waals surface area contributed by atoms with Crippen molar-refractivity contribution < 1.29 is 33.9 Å². The average Bonchev–Trinajstić information content (AvgIpc) is 3.30. The molecular formula is C35H38O7. The molecule has 0 amide bonds. The third kappa shape index (κ3) is 6.07. The molecule has 1 saturated heterocycles. The lowest BCUT2D eigenvalue weighted by atomic mass is 9.79. The van der Waals surface area contributed by atoms with E-state index in [1.807, 2.05) is 109 Å². The molecule has 1 fully saturated rings. The van der Waals surface area contributed by atoms with Crippen LogP contribution in [-0.2, 0) is 26.4 Å². The van der Waals surface area contributed by atoms with Crippen molar-refractivity contribution in [1.29, 1.82) is 0 Å². The van der Waals surface area contributed by atoms with Crippen LogP contribution in [0.5, 0.6) is 11.5 Å². The predicted octanol–water partition coefficient (Wildman–Crippen LogP) is 5.31. The minimum absolute atomic E-state index is 0.0654. The van der Waals surface area contributed by atoms with E-state index in [0.29, 0.717) is 6.61 Å². The maximum absolute atomic E-state index is 11.4. The molecule has 7 nitrogen and oxygen atoms in total. The van der Waals surface area contributed by atoms with Gasteiger partial charge in [0.05, 0.1) is 46.1 Å². The Balaban J connectivity index is 1.56. The van der Waals surface area contributed by atoms with Crippen LogP contribution in [0.3, 0.4) is 0 Å². The summed E-state index contributed by atoms with van der Waals surface area (Å²) in [4.78, 5) is 0. The fourth-order valence-electron chi connectivity index (χ4n) is 5.69. The Morgan fingerprint density at radius 1 is 0.738 bits per heavy atom. The highest BCUT2D eigenvalue weighted by atomic mass is 16.7. The molecule has 0 aliphatic carbocycles. The van der Waals surface area contributed by atoms with E-state index in [0.717, 1.165) is 33.8 Å². The fraction of sp³-hybridized carbons (Fsp3) is 0.314. The Morgan fingerprint density at radius 3 is 1.74 bits per heavy atom. The van der Waals surface area contributed by atoms with Crippen LogP contribution in [0.1, 0.15) is 29.2 Å². The summed E-state index contributed by atoms with van der Waals surface area (Å²) in [6.07, 6.45) is -1.34. The zero-order valence-electron chi connectivity index (χ0n) is 24.2. The van der Waals surface area contributed by atoms with E-state index >= 15 is 0 Å². The van der Waals surface area contributed by atoms with Crippen molar-refractivity contribution in [1.82, 2.24) is 0 Å². The van der Waals surface area contributed by atoms with Gasteiger partial charge in [-0.25, -0.2) is 0 Å². The molecule has 4 aromatic rings. The lowest BCUT2D eigenvalue weighted by Crippen LogP contribution is -2.43. The molecule has 220 valence electrons. The molecule has 0 spiro atoms. The largest absolute Gasteiger partial charge is 0.497 e. The average molecular weight is 571 g/mol. The quantitative estimate of drug-likeness (QED) is 0.223. The van der Waals surface area contributed by atoms with Gasteiger partial charge in [-0.2, -0.15) is 0 Å². The van der Waals surface area contributed by atoms with Crippen LogP contribution in [0.15, 0.2) is 109 Å². The van der Waals surface area contributed by atoms with Crippen molar-refractivity contribution in [3.05, 3.63) is 131 Å². The highest BCUT2D eigenvalue weighted by Crippen LogP contribution is 2.44. The van der Waals surface area contributed by atoms with Gasteiger partial charge in [-0.3, -0.25) is 0 Å². The molecule has 42 heavy (non-hydrogen) atoms. The van der Waals surface area contributed by atoms with Gasteiger partial charge >= 0.3 is 0 Å². The number of methoxy groups -OCH3 is 2. The minimum atomic E-state index is -1.60. The van der Waals surface area contributed by atoms with Gasteiger partial charge in [0.1, 0.15) is 23.2 Å². The van der Waals surface area contributed by atoms with Gasteiger partial charge in [0.2, 0.25) is 0 Å². The van der Waals surface area contributed by atoms with Crippen molar-refractivity contribution in [2.24, 2.45) is 5.92 Å². The number of aliphatic hydroxyl groups is 2. The van der Waals surface area contributed by atoms with E-state index in [4.69, 9.17) is 23.7 Å². The molecule has 4 aromatic carbocycles. The third-order valence-corrected chi connectivity index (χ3v) is 7.96. The summed E-state index contributed by atoms with van der Waals surface area (Å²) in [6.45, 7) is 1.67. The van der Waals surface area contributed by atoms with Gasteiger partial charge in [-0.15, -0.1) is 0 Å². The minimum Gasteiger partial charge on any atom is -0.497 e. The molecule has 4 atom stereocenters. The number of ether oxygens (including phenoxy) is 5. The molecule has 0 unspecified atom stereocenters. The van der Waals surface area contributed by atoms with Gasteiger partial charge in [0.25, 0.3) is 0 Å². The number of rotatable bonds is 12. The Labute approximate surface area is 247 Å². The van der Waals surface area contributed by atoms with Gasteiger partial charge in [0.15, 0.2) is 5.79 Å². The van der Waals surface area contributed by atoms with Crippen molar-refractivity contribution >= 4 is 0 Å². The first-order chi connectivity index (χ1) is 20.4. The fourth-order valence-corrected chi connectivity index (χ4v) is 5.69. The number of aliphatic hydroxyl groups excluding tert-OH is 1. The van der Waals surface area contributed by atoms with Crippen molar-refractivity contribution in [2.75, 3.05) is 27.4 Å². The monoisotopic (exact) mass is 570 g/mol. The maximum Gasteiger partial charge on any atom is 0.170 e. The standard InChI is InChI=1S/C35H38O7/c1-34(37)31(33(32(22-36)42-34)40-23-25-10-6-4-7-11-25)24-41-35(26-12-8-5-9-13-26,27-14-18-29(38-2)19-15-27)28-16-20-30(39-3)21-17-28/h4-21,31-33,36-37H,22-24H2,1-3H3/t31-,32+,33-,34-/m0/s1. The second kappa shape index (κ2) is 13.1. The molecular weight excluding hydrogens is 532 g/mol.